The molecule has 2 nitrogen and oxygen atoms in total. The van der Waals surface area contributed by atoms with E-state index in [1.54, 1.807) is 0 Å². The Hall–Kier alpha value is -0.760. The smallest absolute Gasteiger partial charge is 0.0696 e. The van der Waals surface area contributed by atoms with Gasteiger partial charge in [-0.2, -0.15) is 0 Å². The van der Waals surface area contributed by atoms with E-state index in [0.717, 1.165) is 12.1 Å². The fraction of sp³-hybridized carbons (Fsp3) is 0.556. The average Bonchev–Trinajstić information content (AvgIpc) is 2.34. The zero-order valence-corrected chi connectivity index (χ0v) is 7.12. The summed E-state index contributed by atoms with van der Waals surface area (Å²) in [7, 11) is 0. The van der Waals surface area contributed by atoms with E-state index in [9.17, 15) is 0 Å². The Balaban J connectivity index is 2.58. The first-order chi connectivity index (χ1) is 5.22. The molecule has 0 aromatic carbocycles. The van der Waals surface area contributed by atoms with Gasteiger partial charge in [0.25, 0.3) is 0 Å². The van der Waals surface area contributed by atoms with Crippen LogP contribution >= 0.6 is 0 Å². The summed E-state index contributed by atoms with van der Waals surface area (Å²) in [5, 5.41) is 8.77. The number of hydrogen-bond donors (Lipinski definition) is 1. The lowest BCUT2D eigenvalue weighted by molar-refractivity contribution is 0.281. The van der Waals surface area contributed by atoms with Crippen LogP contribution in [0.1, 0.15) is 19.4 Å². The molecule has 0 bridgehead atoms. The Morgan fingerprint density at radius 2 is 2.27 bits per heavy atom. The topological polar surface area (TPSA) is 25.2 Å². The van der Waals surface area contributed by atoms with Crippen molar-refractivity contribution < 1.29 is 5.11 Å². The van der Waals surface area contributed by atoms with E-state index >= 15 is 0 Å². The van der Waals surface area contributed by atoms with Crippen LogP contribution < -0.4 is 0 Å². The van der Waals surface area contributed by atoms with Crippen LogP contribution in [0.5, 0.6) is 0 Å². The number of aliphatic hydroxyl groups excluding tert-OH is 1. The van der Waals surface area contributed by atoms with Crippen molar-refractivity contribution in [1.29, 1.82) is 0 Å². The highest BCUT2D eigenvalue weighted by molar-refractivity contribution is 5.08. The third-order valence-electron chi connectivity index (χ3n) is 1.57. The van der Waals surface area contributed by atoms with Crippen molar-refractivity contribution in [2.24, 2.45) is 5.92 Å². The van der Waals surface area contributed by atoms with Crippen molar-refractivity contribution >= 4 is 0 Å². The molecule has 1 aromatic rings. The Morgan fingerprint density at radius 1 is 1.55 bits per heavy atom. The molecule has 0 amide bonds. The van der Waals surface area contributed by atoms with Crippen molar-refractivity contribution in [1.82, 2.24) is 4.57 Å². The van der Waals surface area contributed by atoms with Gasteiger partial charge in [0.2, 0.25) is 0 Å². The third kappa shape index (κ3) is 2.39. The van der Waals surface area contributed by atoms with Crippen LogP contribution in [0.15, 0.2) is 18.5 Å². The van der Waals surface area contributed by atoms with E-state index in [2.05, 4.69) is 18.4 Å². The largest absolute Gasteiger partial charge is 0.392 e. The SMILES string of the molecule is CC(C)Cn1ccc(CO)c1. The number of rotatable bonds is 3. The Labute approximate surface area is 67.5 Å². The van der Waals surface area contributed by atoms with Crippen LogP contribution in [0.4, 0.5) is 0 Å². The summed E-state index contributed by atoms with van der Waals surface area (Å²) in [4.78, 5) is 0. The van der Waals surface area contributed by atoms with E-state index in [4.69, 9.17) is 5.11 Å². The van der Waals surface area contributed by atoms with Crippen molar-refractivity contribution in [2.75, 3.05) is 0 Å². The van der Waals surface area contributed by atoms with Crippen molar-refractivity contribution in [3.05, 3.63) is 24.0 Å². The summed E-state index contributed by atoms with van der Waals surface area (Å²) >= 11 is 0. The van der Waals surface area contributed by atoms with Crippen LogP contribution in [-0.2, 0) is 13.2 Å². The molecule has 1 aromatic heterocycles. The molecular formula is C9H15NO. The molecule has 0 aliphatic heterocycles. The normalized spacial score (nSPS) is 10.9. The number of aromatic nitrogens is 1. The molecular weight excluding hydrogens is 138 g/mol. The first-order valence-electron chi connectivity index (χ1n) is 3.98. The molecule has 0 radical (unpaired) electrons. The maximum Gasteiger partial charge on any atom is 0.0696 e. The van der Waals surface area contributed by atoms with Gasteiger partial charge in [-0.3, -0.25) is 0 Å². The summed E-state index contributed by atoms with van der Waals surface area (Å²) in [5.74, 6) is 0.661. The third-order valence-corrected chi connectivity index (χ3v) is 1.57. The molecule has 0 saturated carbocycles. The van der Waals surface area contributed by atoms with E-state index in [1.165, 1.54) is 0 Å². The van der Waals surface area contributed by atoms with Gasteiger partial charge in [-0.1, -0.05) is 13.8 Å². The number of aliphatic hydroxyl groups is 1. The minimum Gasteiger partial charge on any atom is -0.392 e. The van der Waals surface area contributed by atoms with E-state index in [-0.39, 0.29) is 6.61 Å². The minimum atomic E-state index is 0.144. The number of hydrogen-bond acceptors (Lipinski definition) is 1. The predicted molar refractivity (Wildman–Crippen MR) is 45.2 cm³/mol. The molecule has 0 fully saturated rings. The second kappa shape index (κ2) is 3.58. The highest BCUT2D eigenvalue weighted by atomic mass is 16.3. The summed E-state index contributed by atoms with van der Waals surface area (Å²) < 4.78 is 2.11. The molecule has 0 atom stereocenters. The van der Waals surface area contributed by atoms with Crippen LogP contribution in [0.3, 0.4) is 0 Å². The molecule has 62 valence electrons. The highest BCUT2D eigenvalue weighted by Crippen LogP contribution is 2.04. The molecule has 11 heavy (non-hydrogen) atoms. The summed E-state index contributed by atoms with van der Waals surface area (Å²) in [5.41, 5.74) is 0.991. The van der Waals surface area contributed by atoms with Crippen molar-refractivity contribution in [2.45, 2.75) is 27.0 Å². The zero-order valence-electron chi connectivity index (χ0n) is 7.12. The molecule has 0 saturated heterocycles. The Morgan fingerprint density at radius 3 is 2.73 bits per heavy atom. The fourth-order valence-corrected chi connectivity index (χ4v) is 1.12. The lowest BCUT2D eigenvalue weighted by Crippen LogP contribution is -2.01. The summed E-state index contributed by atoms with van der Waals surface area (Å²) in [6.07, 6.45) is 3.99. The first kappa shape index (κ1) is 8.34. The van der Waals surface area contributed by atoms with Gasteiger partial charge in [0.15, 0.2) is 0 Å². The van der Waals surface area contributed by atoms with E-state index < -0.39 is 0 Å². The maximum atomic E-state index is 8.77. The molecule has 0 unspecified atom stereocenters. The molecule has 1 heterocycles. The molecule has 0 aliphatic carbocycles. The van der Waals surface area contributed by atoms with E-state index in [0.29, 0.717) is 5.92 Å². The van der Waals surface area contributed by atoms with Crippen molar-refractivity contribution in [3.63, 3.8) is 0 Å². The van der Waals surface area contributed by atoms with Gasteiger partial charge in [0.1, 0.15) is 0 Å². The second-order valence-corrected chi connectivity index (χ2v) is 3.27. The minimum absolute atomic E-state index is 0.144. The highest BCUT2D eigenvalue weighted by Gasteiger charge is 1.97. The van der Waals surface area contributed by atoms with Gasteiger partial charge in [0, 0.05) is 18.9 Å². The lowest BCUT2D eigenvalue weighted by Gasteiger charge is -2.04. The lowest BCUT2D eigenvalue weighted by atomic mass is 10.2. The van der Waals surface area contributed by atoms with Gasteiger partial charge in [0.05, 0.1) is 6.61 Å². The molecule has 1 N–H and O–H groups in total. The maximum absolute atomic E-state index is 8.77. The predicted octanol–water partition coefficient (Wildman–Crippen LogP) is 1.64. The van der Waals surface area contributed by atoms with Crippen LogP contribution in [0, 0.1) is 5.92 Å². The second-order valence-electron chi connectivity index (χ2n) is 3.27. The van der Waals surface area contributed by atoms with Gasteiger partial charge < -0.3 is 9.67 Å². The number of nitrogens with zero attached hydrogens (tertiary/aromatic N) is 1. The summed E-state index contributed by atoms with van der Waals surface area (Å²) in [6.45, 7) is 5.53. The first-order valence-corrected chi connectivity index (χ1v) is 3.98. The zero-order chi connectivity index (χ0) is 8.27. The fourth-order valence-electron chi connectivity index (χ4n) is 1.12. The summed E-state index contributed by atoms with van der Waals surface area (Å²) in [6, 6.07) is 1.95. The molecule has 2 heteroatoms. The molecule has 0 aliphatic rings. The van der Waals surface area contributed by atoms with Gasteiger partial charge in [-0.05, 0) is 17.5 Å². The van der Waals surface area contributed by atoms with Gasteiger partial charge >= 0.3 is 0 Å². The standard InChI is InChI=1S/C9H15NO/c1-8(2)5-10-4-3-9(6-10)7-11/h3-4,6,8,11H,5,7H2,1-2H3. The average molecular weight is 153 g/mol. The Bertz CT molecular complexity index is 215. The van der Waals surface area contributed by atoms with Crippen LogP contribution in [-0.4, -0.2) is 9.67 Å². The van der Waals surface area contributed by atoms with Crippen LogP contribution in [0.2, 0.25) is 0 Å². The molecule has 1 rings (SSSR count). The van der Waals surface area contributed by atoms with Crippen molar-refractivity contribution in [3.8, 4) is 0 Å². The molecule has 0 spiro atoms. The van der Waals surface area contributed by atoms with Gasteiger partial charge in [-0.15, -0.1) is 0 Å². The van der Waals surface area contributed by atoms with Crippen LogP contribution in [0.25, 0.3) is 0 Å². The quantitative estimate of drug-likeness (QED) is 0.701. The Kier molecular flexibility index (Phi) is 2.71. The van der Waals surface area contributed by atoms with E-state index in [1.807, 2.05) is 18.5 Å². The van der Waals surface area contributed by atoms with Gasteiger partial charge in [-0.25, -0.2) is 0 Å². The monoisotopic (exact) mass is 153 g/mol.